The number of pyridine rings is 1. The molecule has 24 heavy (non-hydrogen) atoms. The largest absolute Gasteiger partial charge is 0.384 e. The van der Waals surface area contributed by atoms with Gasteiger partial charge in [0.05, 0.1) is 11.9 Å². The van der Waals surface area contributed by atoms with Gasteiger partial charge in [-0.2, -0.15) is 0 Å². The average molecular weight is 326 g/mol. The van der Waals surface area contributed by atoms with Crippen LogP contribution in [0.25, 0.3) is 0 Å². The first-order valence-electron chi connectivity index (χ1n) is 8.33. The zero-order valence-electron chi connectivity index (χ0n) is 14.7. The number of hydrogen-bond donors (Lipinski definition) is 1. The second-order valence-corrected chi connectivity index (χ2v) is 5.90. The molecule has 1 aromatic carbocycles. The fourth-order valence-electron chi connectivity index (χ4n) is 2.44. The van der Waals surface area contributed by atoms with E-state index in [2.05, 4.69) is 29.3 Å². The van der Waals surface area contributed by atoms with Crippen molar-refractivity contribution in [1.82, 2.24) is 9.88 Å². The zero-order valence-corrected chi connectivity index (χ0v) is 14.7. The van der Waals surface area contributed by atoms with Crippen molar-refractivity contribution in [2.45, 2.75) is 13.3 Å². The first-order chi connectivity index (χ1) is 11.6. The highest BCUT2D eigenvalue weighted by atomic mass is 16.2. The van der Waals surface area contributed by atoms with Crippen molar-refractivity contribution in [3.8, 4) is 0 Å². The zero-order chi connectivity index (χ0) is 17.4. The normalized spacial score (nSPS) is 10.7. The summed E-state index contributed by atoms with van der Waals surface area (Å²) in [5.74, 6) is -0.0807. The van der Waals surface area contributed by atoms with Crippen molar-refractivity contribution < 1.29 is 4.79 Å². The Balaban J connectivity index is 1.97. The number of nitrogens with zero attached hydrogens (tertiary/aromatic N) is 3. The van der Waals surface area contributed by atoms with E-state index in [9.17, 15) is 4.79 Å². The smallest absolute Gasteiger partial charge is 0.276 e. The van der Waals surface area contributed by atoms with Crippen LogP contribution >= 0.6 is 0 Å². The molecular weight excluding hydrogens is 300 g/mol. The molecule has 2 rings (SSSR count). The highest BCUT2D eigenvalue weighted by molar-refractivity contribution is 6.04. The fourth-order valence-corrected chi connectivity index (χ4v) is 2.44. The molecule has 2 aromatic rings. The van der Waals surface area contributed by atoms with Gasteiger partial charge >= 0.3 is 0 Å². The van der Waals surface area contributed by atoms with Gasteiger partial charge in [-0.15, -0.1) is 0 Å². The van der Waals surface area contributed by atoms with E-state index in [0.717, 1.165) is 30.9 Å². The molecule has 1 amide bonds. The summed E-state index contributed by atoms with van der Waals surface area (Å²) in [7, 11) is 4.13. The summed E-state index contributed by atoms with van der Waals surface area (Å²) in [6, 6.07) is 13.4. The highest BCUT2D eigenvalue weighted by Crippen LogP contribution is 2.16. The summed E-state index contributed by atoms with van der Waals surface area (Å²) < 4.78 is 0. The predicted octanol–water partition coefficient (Wildman–Crippen LogP) is 3.11. The van der Waals surface area contributed by atoms with Crippen molar-refractivity contribution in [2.24, 2.45) is 0 Å². The summed E-state index contributed by atoms with van der Waals surface area (Å²) in [4.78, 5) is 20.9. The summed E-state index contributed by atoms with van der Waals surface area (Å²) in [6.07, 6.45) is 2.78. The lowest BCUT2D eigenvalue weighted by Gasteiger charge is -2.20. The van der Waals surface area contributed by atoms with Crippen LogP contribution in [0.1, 0.15) is 23.8 Å². The third kappa shape index (κ3) is 5.06. The minimum atomic E-state index is -0.0807. The molecule has 128 valence electrons. The van der Waals surface area contributed by atoms with Crippen LogP contribution in [0, 0.1) is 0 Å². The number of para-hydroxylation sites is 1. The Morgan fingerprint density at radius 1 is 1.12 bits per heavy atom. The van der Waals surface area contributed by atoms with Crippen LogP contribution in [0.2, 0.25) is 0 Å². The Morgan fingerprint density at radius 3 is 2.46 bits per heavy atom. The van der Waals surface area contributed by atoms with Crippen LogP contribution in [0.5, 0.6) is 0 Å². The Kier molecular flexibility index (Phi) is 6.75. The molecule has 0 aliphatic rings. The fraction of sp³-hybridized carbons (Fsp3) is 0.368. The van der Waals surface area contributed by atoms with E-state index in [0.29, 0.717) is 12.2 Å². The third-order valence-corrected chi connectivity index (χ3v) is 3.72. The number of carbonyl (C=O) groups is 1. The van der Waals surface area contributed by atoms with Crippen molar-refractivity contribution >= 4 is 17.3 Å². The first-order valence-corrected chi connectivity index (χ1v) is 8.33. The maximum absolute atomic E-state index is 12.7. The Hall–Kier alpha value is -2.40. The Labute approximate surface area is 144 Å². The van der Waals surface area contributed by atoms with Gasteiger partial charge in [0.2, 0.25) is 0 Å². The van der Waals surface area contributed by atoms with E-state index in [1.54, 1.807) is 17.2 Å². The number of aromatic nitrogens is 1. The molecule has 0 radical (unpaired) electrons. The number of amides is 1. The lowest BCUT2D eigenvalue weighted by atomic mass is 10.2. The molecule has 0 atom stereocenters. The monoisotopic (exact) mass is 326 g/mol. The average Bonchev–Trinajstić information content (AvgIpc) is 2.60. The van der Waals surface area contributed by atoms with Gasteiger partial charge in [-0.25, -0.2) is 4.98 Å². The molecule has 5 nitrogen and oxygen atoms in total. The van der Waals surface area contributed by atoms with E-state index in [1.807, 2.05) is 43.3 Å². The maximum atomic E-state index is 12.7. The van der Waals surface area contributed by atoms with Gasteiger partial charge in [0, 0.05) is 18.8 Å². The van der Waals surface area contributed by atoms with Crippen molar-refractivity contribution in [1.29, 1.82) is 0 Å². The molecule has 0 unspecified atom stereocenters. The lowest BCUT2D eigenvalue weighted by Crippen LogP contribution is -2.31. The van der Waals surface area contributed by atoms with Crippen molar-refractivity contribution in [3.05, 3.63) is 54.4 Å². The van der Waals surface area contributed by atoms with Crippen LogP contribution in [0.15, 0.2) is 48.7 Å². The summed E-state index contributed by atoms with van der Waals surface area (Å²) in [5.41, 5.74) is 2.28. The molecule has 0 bridgehead atoms. The minimum Gasteiger partial charge on any atom is -0.384 e. The summed E-state index contributed by atoms with van der Waals surface area (Å²) in [5, 5.41) is 3.33. The SMILES string of the molecule is CCN(C(=O)c1ccc(NCCCN(C)C)cn1)c1ccccc1. The van der Waals surface area contributed by atoms with E-state index >= 15 is 0 Å². The molecule has 1 aromatic heterocycles. The van der Waals surface area contributed by atoms with Crippen LogP contribution in [0.4, 0.5) is 11.4 Å². The molecule has 0 fully saturated rings. The number of rotatable bonds is 8. The van der Waals surface area contributed by atoms with E-state index in [-0.39, 0.29) is 5.91 Å². The van der Waals surface area contributed by atoms with Crippen LogP contribution < -0.4 is 10.2 Å². The standard InChI is InChI=1S/C19H26N4O/c1-4-23(17-9-6-5-7-10-17)19(24)18-12-11-16(15-21-18)20-13-8-14-22(2)3/h5-7,9-12,15,20H,4,8,13-14H2,1-3H3. The third-order valence-electron chi connectivity index (χ3n) is 3.72. The summed E-state index contributed by atoms with van der Waals surface area (Å²) >= 11 is 0. The second-order valence-electron chi connectivity index (χ2n) is 5.90. The van der Waals surface area contributed by atoms with Crippen LogP contribution in [0.3, 0.4) is 0 Å². The number of carbonyl (C=O) groups excluding carboxylic acids is 1. The van der Waals surface area contributed by atoms with Gasteiger partial charge in [-0.05, 0) is 58.3 Å². The van der Waals surface area contributed by atoms with Gasteiger partial charge in [-0.3, -0.25) is 4.79 Å². The van der Waals surface area contributed by atoms with Gasteiger partial charge in [0.25, 0.3) is 5.91 Å². The van der Waals surface area contributed by atoms with Gasteiger partial charge in [0.15, 0.2) is 0 Å². The van der Waals surface area contributed by atoms with E-state index in [4.69, 9.17) is 0 Å². The number of benzene rings is 1. The molecule has 0 aliphatic carbocycles. The summed E-state index contributed by atoms with van der Waals surface area (Å²) in [6.45, 7) is 4.50. The predicted molar refractivity (Wildman–Crippen MR) is 99.7 cm³/mol. The molecule has 1 heterocycles. The second kappa shape index (κ2) is 9.03. The molecular formula is C19H26N4O. The molecule has 5 heteroatoms. The molecule has 0 saturated heterocycles. The highest BCUT2D eigenvalue weighted by Gasteiger charge is 2.16. The van der Waals surface area contributed by atoms with E-state index in [1.165, 1.54) is 0 Å². The van der Waals surface area contributed by atoms with Crippen LogP contribution in [-0.2, 0) is 0 Å². The maximum Gasteiger partial charge on any atom is 0.276 e. The quantitative estimate of drug-likeness (QED) is 0.757. The topological polar surface area (TPSA) is 48.5 Å². The van der Waals surface area contributed by atoms with Crippen LogP contribution in [-0.4, -0.2) is 49.5 Å². The minimum absolute atomic E-state index is 0.0807. The van der Waals surface area contributed by atoms with Gasteiger partial charge in [0.1, 0.15) is 5.69 Å². The van der Waals surface area contributed by atoms with E-state index < -0.39 is 0 Å². The molecule has 0 saturated carbocycles. The number of anilines is 2. The molecule has 1 N–H and O–H groups in total. The van der Waals surface area contributed by atoms with Gasteiger partial charge < -0.3 is 15.1 Å². The lowest BCUT2D eigenvalue weighted by molar-refractivity contribution is 0.0983. The Morgan fingerprint density at radius 2 is 1.88 bits per heavy atom. The molecule has 0 spiro atoms. The number of hydrogen-bond acceptors (Lipinski definition) is 4. The van der Waals surface area contributed by atoms with Crippen molar-refractivity contribution in [3.63, 3.8) is 0 Å². The van der Waals surface area contributed by atoms with Gasteiger partial charge in [-0.1, -0.05) is 18.2 Å². The Bertz CT molecular complexity index is 626. The first kappa shape index (κ1) is 17.9. The number of nitrogens with one attached hydrogen (secondary N) is 1. The molecule has 0 aliphatic heterocycles. The van der Waals surface area contributed by atoms with Crippen molar-refractivity contribution in [2.75, 3.05) is 43.9 Å².